The highest BCUT2D eigenvalue weighted by Crippen LogP contribution is 2.37. The summed E-state index contributed by atoms with van der Waals surface area (Å²) in [6.07, 6.45) is 5.80. The van der Waals surface area contributed by atoms with Crippen LogP contribution in [-0.2, 0) is 0 Å². The van der Waals surface area contributed by atoms with Gasteiger partial charge in [0.25, 0.3) is 0 Å². The monoisotopic (exact) mass is 376 g/mol. The van der Waals surface area contributed by atoms with Crippen LogP contribution in [0.25, 0.3) is 20.7 Å². The van der Waals surface area contributed by atoms with Crippen LogP contribution in [0, 0.1) is 6.92 Å². The van der Waals surface area contributed by atoms with E-state index in [2.05, 4.69) is 45.5 Å². The standard InChI is InChI=1S/C20H20N6S/c1-14-22-19(25-10-7-16(8-11-25)26-12-9-21-24-26)17-13-18(27-20(17)23-14)15-5-3-2-4-6-15/h2-6,9,12-13,16H,7-8,10-11H2,1H3. The Morgan fingerprint density at radius 3 is 2.63 bits per heavy atom. The fraction of sp³-hybridized carbons (Fsp3) is 0.300. The molecule has 4 heterocycles. The van der Waals surface area contributed by atoms with Gasteiger partial charge in [0.1, 0.15) is 16.5 Å². The van der Waals surface area contributed by atoms with Crippen LogP contribution in [0.3, 0.4) is 0 Å². The van der Waals surface area contributed by atoms with Gasteiger partial charge in [-0.2, -0.15) is 0 Å². The molecule has 1 aliphatic rings. The summed E-state index contributed by atoms with van der Waals surface area (Å²) in [6.45, 7) is 3.91. The van der Waals surface area contributed by atoms with Crippen molar-refractivity contribution in [2.24, 2.45) is 0 Å². The van der Waals surface area contributed by atoms with Gasteiger partial charge in [-0.1, -0.05) is 35.5 Å². The van der Waals surface area contributed by atoms with Crippen LogP contribution < -0.4 is 4.90 Å². The van der Waals surface area contributed by atoms with E-state index in [-0.39, 0.29) is 0 Å². The molecule has 5 rings (SSSR count). The number of thiophene rings is 1. The molecule has 0 unspecified atom stereocenters. The Hall–Kier alpha value is -2.80. The lowest BCUT2D eigenvalue weighted by Gasteiger charge is -2.33. The molecule has 0 radical (unpaired) electrons. The van der Waals surface area contributed by atoms with Crippen LogP contribution in [0.2, 0.25) is 0 Å². The number of aromatic nitrogens is 5. The zero-order valence-corrected chi connectivity index (χ0v) is 15.9. The molecule has 0 N–H and O–H groups in total. The molecule has 6 nitrogen and oxygen atoms in total. The zero-order valence-electron chi connectivity index (χ0n) is 15.1. The molecule has 0 aliphatic carbocycles. The first-order chi connectivity index (χ1) is 13.3. The Bertz CT molecular complexity index is 1050. The van der Waals surface area contributed by atoms with Crippen molar-refractivity contribution in [2.45, 2.75) is 25.8 Å². The molecule has 1 saturated heterocycles. The largest absolute Gasteiger partial charge is 0.356 e. The number of hydrogen-bond donors (Lipinski definition) is 0. The van der Waals surface area contributed by atoms with Crippen molar-refractivity contribution >= 4 is 27.4 Å². The highest BCUT2D eigenvalue weighted by molar-refractivity contribution is 7.21. The summed E-state index contributed by atoms with van der Waals surface area (Å²) < 4.78 is 1.98. The smallest absolute Gasteiger partial charge is 0.141 e. The maximum atomic E-state index is 4.81. The van der Waals surface area contributed by atoms with E-state index in [1.165, 1.54) is 10.4 Å². The molecule has 1 fully saturated rings. The minimum Gasteiger partial charge on any atom is -0.356 e. The highest BCUT2D eigenvalue weighted by atomic mass is 32.1. The minimum absolute atomic E-state index is 0.421. The van der Waals surface area contributed by atoms with E-state index in [1.54, 1.807) is 17.5 Å². The van der Waals surface area contributed by atoms with Gasteiger partial charge in [-0.3, -0.25) is 0 Å². The molecule has 1 aromatic carbocycles. The number of piperidine rings is 1. The molecule has 27 heavy (non-hydrogen) atoms. The third-order valence-corrected chi connectivity index (χ3v) is 6.20. The molecule has 0 amide bonds. The molecule has 7 heteroatoms. The summed E-state index contributed by atoms with van der Waals surface area (Å²) in [5.41, 5.74) is 1.23. The van der Waals surface area contributed by atoms with Crippen molar-refractivity contribution in [1.82, 2.24) is 25.0 Å². The SMILES string of the molecule is Cc1nc(N2CCC(n3ccnn3)CC2)c2cc(-c3ccccc3)sc2n1. The Morgan fingerprint density at radius 2 is 1.89 bits per heavy atom. The summed E-state index contributed by atoms with van der Waals surface area (Å²) >= 11 is 1.74. The van der Waals surface area contributed by atoms with Gasteiger partial charge in [-0.05, 0) is 31.4 Å². The van der Waals surface area contributed by atoms with E-state index in [1.807, 2.05) is 23.9 Å². The summed E-state index contributed by atoms with van der Waals surface area (Å²) in [7, 11) is 0. The van der Waals surface area contributed by atoms with Crippen LogP contribution in [-0.4, -0.2) is 38.1 Å². The van der Waals surface area contributed by atoms with Crippen molar-refractivity contribution in [3.05, 3.63) is 54.6 Å². The Balaban J connectivity index is 1.47. The predicted molar refractivity (Wildman–Crippen MR) is 108 cm³/mol. The number of rotatable bonds is 3. The number of anilines is 1. The zero-order chi connectivity index (χ0) is 18.2. The Kier molecular flexibility index (Phi) is 4.09. The van der Waals surface area contributed by atoms with Crippen molar-refractivity contribution in [3.8, 4) is 10.4 Å². The summed E-state index contributed by atoms with van der Waals surface area (Å²) in [5.74, 6) is 1.89. The van der Waals surface area contributed by atoms with Gasteiger partial charge >= 0.3 is 0 Å². The van der Waals surface area contributed by atoms with E-state index < -0.39 is 0 Å². The van der Waals surface area contributed by atoms with Crippen molar-refractivity contribution in [3.63, 3.8) is 0 Å². The van der Waals surface area contributed by atoms with E-state index in [0.717, 1.165) is 47.8 Å². The summed E-state index contributed by atoms with van der Waals surface area (Å²) in [5, 5.41) is 9.26. The molecular weight excluding hydrogens is 356 g/mol. The fourth-order valence-corrected chi connectivity index (χ4v) is 4.83. The topological polar surface area (TPSA) is 59.7 Å². The summed E-state index contributed by atoms with van der Waals surface area (Å²) in [6, 6.07) is 13.2. The van der Waals surface area contributed by atoms with Crippen LogP contribution in [0.5, 0.6) is 0 Å². The Morgan fingerprint density at radius 1 is 1.07 bits per heavy atom. The molecule has 0 atom stereocenters. The second-order valence-electron chi connectivity index (χ2n) is 6.89. The lowest BCUT2D eigenvalue weighted by molar-refractivity contribution is 0.359. The fourth-order valence-electron chi connectivity index (χ4n) is 3.75. The third kappa shape index (κ3) is 3.08. The molecule has 1 aliphatic heterocycles. The first-order valence-electron chi connectivity index (χ1n) is 9.22. The average molecular weight is 376 g/mol. The molecule has 0 saturated carbocycles. The molecule has 3 aromatic heterocycles. The number of fused-ring (bicyclic) bond motifs is 1. The minimum atomic E-state index is 0.421. The molecule has 0 bridgehead atoms. The molecular formula is C20H20N6S. The normalized spacial score (nSPS) is 15.5. The summed E-state index contributed by atoms with van der Waals surface area (Å²) in [4.78, 5) is 14.2. The van der Waals surface area contributed by atoms with E-state index in [4.69, 9.17) is 9.97 Å². The lowest BCUT2D eigenvalue weighted by atomic mass is 10.0. The second-order valence-corrected chi connectivity index (χ2v) is 7.92. The first-order valence-corrected chi connectivity index (χ1v) is 10.0. The second kappa shape index (κ2) is 6.74. The average Bonchev–Trinajstić information content (AvgIpc) is 3.38. The van der Waals surface area contributed by atoms with Gasteiger partial charge in [0, 0.05) is 24.2 Å². The van der Waals surface area contributed by atoms with Crippen molar-refractivity contribution < 1.29 is 0 Å². The van der Waals surface area contributed by atoms with Gasteiger partial charge in [0.05, 0.1) is 17.6 Å². The highest BCUT2D eigenvalue weighted by Gasteiger charge is 2.24. The van der Waals surface area contributed by atoms with Crippen LogP contribution >= 0.6 is 11.3 Å². The molecule has 136 valence electrons. The lowest BCUT2D eigenvalue weighted by Crippen LogP contribution is -2.35. The van der Waals surface area contributed by atoms with Crippen LogP contribution in [0.4, 0.5) is 5.82 Å². The maximum Gasteiger partial charge on any atom is 0.141 e. The van der Waals surface area contributed by atoms with Crippen LogP contribution in [0.1, 0.15) is 24.7 Å². The van der Waals surface area contributed by atoms with Crippen molar-refractivity contribution in [1.29, 1.82) is 0 Å². The molecule has 0 spiro atoms. The van der Waals surface area contributed by atoms with Gasteiger partial charge in [-0.25, -0.2) is 14.6 Å². The quantitative estimate of drug-likeness (QED) is 0.539. The Labute approximate surface area is 161 Å². The van der Waals surface area contributed by atoms with Crippen molar-refractivity contribution in [2.75, 3.05) is 18.0 Å². The number of nitrogens with zero attached hydrogens (tertiary/aromatic N) is 6. The van der Waals surface area contributed by atoms with E-state index in [0.29, 0.717) is 6.04 Å². The predicted octanol–water partition coefficient (Wildman–Crippen LogP) is 4.10. The van der Waals surface area contributed by atoms with Gasteiger partial charge in [0.2, 0.25) is 0 Å². The number of aryl methyl sites for hydroxylation is 1. The van der Waals surface area contributed by atoms with Gasteiger partial charge < -0.3 is 4.90 Å². The number of benzene rings is 1. The maximum absolute atomic E-state index is 4.81. The first kappa shape index (κ1) is 16.4. The van der Waals surface area contributed by atoms with Crippen LogP contribution in [0.15, 0.2) is 48.8 Å². The van der Waals surface area contributed by atoms with E-state index in [9.17, 15) is 0 Å². The van der Waals surface area contributed by atoms with Gasteiger partial charge in [-0.15, -0.1) is 16.4 Å². The molecule has 4 aromatic rings. The number of hydrogen-bond acceptors (Lipinski definition) is 6. The third-order valence-electron chi connectivity index (χ3n) is 5.12. The van der Waals surface area contributed by atoms with Gasteiger partial charge in [0.15, 0.2) is 0 Å². The van der Waals surface area contributed by atoms with E-state index >= 15 is 0 Å².